The highest BCUT2D eigenvalue weighted by molar-refractivity contribution is 5.73. The van der Waals surface area contributed by atoms with E-state index in [1.807, 2.05) is 0 Å². The number of esters is 2. The van der Waals surface area contributed by atoms with E-state index in [0.29, 0.717) is 6.42 Å². The summed E-state index contributed by atoms with van der Waals surface area (Å²) in [7, 11) is 2.63. The van der Waals surface area contributed by atoms with Crippen molar-refractivity contribution in [2.75, 3.05) is 14.2 Å². The lowest BCUT2D eigenvalue weighted by Crippen LogP contribution is -2.34. The molecule has 0 spiro atoms. The van der Waals surface area contributed by atoms with Gasteiger partial charge < -0.3 is 15.2 Å². The fraction of sp³-hybridized carbons (Fsp3) is 0.778. The molecule has 0 aromatic carbocycles. The van der Waals surface area contributed by atoms with Crippen molar-refractivity contribution in [3.63, 3.8) is 0 Å². The minimum Gasteiger partial charge on any atom is -0.469 e. The SMILES string of the molecule is COC(=O)CCC(N)C(C)C(=O)OC. The summed E-state index contributed by atoms with van der Waals surface area (Å²) >= 11 is 0. The maximum atomic E-state index is 11.0. The lowest BCUT2D eigenvalue weighted by atomic mass is 9.98. The van der Waals surface area contributed by atoms with Crippen LogP contribution in [0.15, 0.2) is 0 Å². The molecule has 14 heavy (non-hydrogen) atoms. The molecule has 2 N–H and O–H groups in total. The minimum absolute atomic E-state index is 0.221. The van der Waals surface area contributed by atoms with Crippen molar-refractivity contribution >= 4 is 11.9 Å². The number of carbonyl (C=O) groups is 2. The average Bonchev–Trinajstić information content (AvgIpc) is 2.22. The third kappa shape index (κ3) is 4.23. The first-order chi connectivity index (χ1) is 6.52. The summed E-state index contributed by atoms with van der Waals surface area (Å²) in [6.45, 7) is 1.67. The number of hydrogen-bond donors (Lipinski definition) is 1. The van der Waals surface area contributed by atoms with Crippen molar-refractivity contribution in [3.05, 3.63) is 0 Å². The molecule has 82 valence electrons. The van der Waals surface area contributed by atoms with Gasteiger partial charge in [0.2, 0.25) is 0 Å². The molecule has 0 aliphatic rings. The molecule has 0 aliphatic carbocycles. The van der Waals surface area contributed by atoms with Crippen LogP contribution in [0.2, 0.25) is 0 Å². The highest BCUT2D eigenvalue weighted by Gasteiger charge is 2.21. The number of hydrogen-bond acceptors (Lipinski definition) is 5. The molecule has 0 aromatic heterocycles. The van der Waals surface area contributed by atoms with Gasteiger partial charge in [-0.1, -0.05) is 6.92 Å². The summed E-state index contributed by atoms with van der Waals surface area (Å²) in [6.07, 6.45) is 0.641. The van der Waals surface area contributed by atoms with Crippen molar-refractivity contribution in [2.24, 2.45) is 11.7 Å². The molecule has 0 rings (SSSR count). The van der Waals surface area contributed by atoms with Gasteiger partial charge in [0.25, 0.3) is 0 Å². The van der Waals surface area contributed by atoms with E-state index in [0.717, 1.165) is 0 Å². The molecule has 0 aromatic rings. The standard InChI is InChI=1S/C9H17NO4/c1-6(9(12)14-3)7(10)4-5-8(11)13-2/h6-7H,4-5,10H2,1-3H3. The Bertz CT molecular complexity index is 205. The summed E-state index contributed by atoms with van der Waals surface area (Å²) in [5.74, 6) is -1.08. The largest absolute Gasteiger partial charge is 0.469 e. The predicted octanol–water partition coefficient (Wildman–Crippen LogP) is 0.0760. The maximum absolute atomic E-state index is 11.0. The normalized spacial score (nSPS) is 14.3. The van der Waals surface area contributed by atoms with Crippen LogP contribution in [0.5, 0.6) is 0 Å². The first-order valence-corrected chi connectivity index (χ1v) is 4.43. The third-order valence-electron chi connectivity index (χ3n) is 2.12. The third-order valence-corrected chi connectivity index (χ3v) is 2.12. The summed E-state index contributed by atoms with van der Waals surface area (Å²) in [4.78, 5) is 21.8. The average molecular weight is 203 g/mol. The molecule has 0 fully saturated rings. The van der Waals surface area contributed by atoms with Crippen LogP contribution in [0.4, 0.5) is 0 Å². The lowest BCUT2D eigenvalue weighted by molar-refractivity contribution is -0.146. The van der Waals surface area contributed by atoms with Crippen molar-refractivity contribution < 1.29 is 19.1 Å². The van der Waals surface area contributed by atoms with Crippen LogP contribution in [0, 0.1) is 5.92 Å². The minimum atomic E-state index is -0.398. The Hall–Kier alpha value is -1.10. The van der Waals surface area contributed by atoms with E-state index in [9.17, 15) is 9.59 Å². The van der Waals surface area contributed by atoms with Crippen molar-refractivity contribution in [3.8, 4) is 0 Å². The summed E-state index contributed by atoms with van der Waals surface area (Å²) in [6, 6.07) is -0.374. The van der Waals surface area contributed by atoms with Crippen molar-refractivity contribution in [2.45, 2.75) is 25.8 Å². The Morgan fingerprint density at radius 3 is 2.29 bits per heavy atom. The van der Waals surface area contributed by atoms with Gasteiger partial charge in [0.1, 0.15) is 0 Å². The molecule has 5 nitrogen and oxygen atoms in total. The molecule has 0 saturated carbocycles. The van der Waals surface area contributed by atoms with E-state index in [1.54, 1.807) is 6.92 Å². The smallest absolute Gasteiger partial charge is 0.309 e. The van der Waals surface area contributed by atoms with E-state index < -0.39 is 5.92 Å². The van der Waals surface area contributed by atoms with E-state index in [-0.39, 0.29) is 24.4 Å². The molecule has 2 atom stereocenters. The molecule has 0 aliphatic heterocycles. The zero-order valence-electron chi connectivity index (χ0n) is 8.78. The molecule has 0 bridgehead atoms. The number of ether oxygens (including phenoxy) is 2. The second-order valence-electron chi connectivity index (χ2n) is 3.09. The first kappa shape index (κ1) is 12.9. The van der Waals surface area contributed by atoms with Crippen LogP contribution in [0.25, 0.3) is 0 Å². The summed E-state index contributed by atoms with van der Waals surface area (Å²) in [5, 5.41) is 0. The summed E-state index contributed by atoms with van der Waals surface area (Å²) in [5.41, 5.74) is 5.69. The van der Waals surface area contributed by atoms with Gasteiger partial charge >= 0.3 is 11.9 Å². The molecular weight excluding hydrogens is 186 g/mol. The van der Waals surface area contributed by atoms with E-state index >= 15 is 0 Å². The zero-order valence-corrected chi connectivity index (χ0v) is 8.78. The van der Waals surface area contributed by atoms with Gasteiger partial charge in [0.15, 0.2) is 0 Å². The topological polar surface area (TPSA) is 78.6 Å². The first-order valence-electron chi connectivity index (χ1n) is 4.43. The van der Waals surface area contributed by atoms with Crippen LogP contribution in [-0.4, -0.2) is 32.2 Å². The molecule has 0 heterocycles. The van der Waals surface area contributed by atoms with Gasteiger partial charge in [-0.3, -0.25) is 9.59 Å². The molecule has 0 amide bonds. The second-order valence-corrected chi connectivity index (χ2v) is 3.09. The van der Waals surface area contributed by atoms with Gasteiger partial charge in [-0.15, -0.1) is 0 Å². The number of rotatable bonds is 5. The number of carbonyl (C=O) groups excluding carboxylic acids is 2. The van der Waals surface area contributed by atoms with Crippen LogP contribution < -0.4 is 5.73 Å². The van der Waals surface area contributed by atoms with Gasteiger partial charge in [-0.25, -0.2) is 0 Å². The Morgan fingerprint density at radius 1 is 1.29 bits per heavy atom. The van der Waals surface area contributed by atoms with Crippen LogP contribution in [0.3, 0.4) is 0 Å². The van der Waals surface area contributed by atoms with E-state index in [4.69, 9.17) is 5.73 Å². The molecule has 2 unspecified atom stereocenters. The Labute approximate surface area is 83.5 Å². The Kier molecular flexibility index (Phi) is 5.87. The van der Waals surface area contributed by atoms with E-state index in [2.05, 4.69) is 9.47 Å². The summed E-state index contributed by atoms with van der Waals surface area (Å²) < 4.78 is 8.99. The highest BCUT2D eigenvalue weighted by Crippen LogP contribution is 2.08. The van der Waals surface area contributed by atoms with Gasteiger partial charge in [0, 0.05) is 12.5 Å². The molecule has 5 heteroatoms. The number of methoxy groups -OCH3 is 2. The van der Waals surface area contributed by atoms with Gasteiger partial charge in [-0.2, -0.15) is 0 Å². The van der Waals surface area contributed by atoms with Crippen molar-refractivity contribution in [1.82, 2.24) is 0 Å². The molecule has 0 radical (unpaired) electrons. The van der Waals surface area contributed by atoms with Gasteiger partial charge in [0.05, 0.1) is 20.1 Å². The fourth-order valence-corrected chi connectivity index (χ4v) is 0.997. The highest BCUT2D eigenvalue weighted by atomic mass is 16.5. The van der Waals surface area contributed by atoms with Crippen LogP contribution in [0.1, 0.15) is 19.8 Å². The maximum Gasteiger partial charge on any atom is 0.309 e. The quantitative estimate of drug-likeness (QED) is 0.640. The van der Waals surface area contributed by atoms with Gasteiger partial charge in [-0.05, 0) is 6.42 Å². The zero-order chi connectivity index (χ0) is 11.1. The van der Waals surface area contributed by atoms with Crippen LogP contribution in [-0.2, 0) is 19.1 Å². The predicted molar refractivity (Wildman–Crippen MR) is 50.4 cm³/mol. The monoisotopic (exact) mass is 203 g/mol. The lowest BCUT2D eigenvalue weighted by Gasteiger charge is -2.16. The van der Waals surface area contributed by atoms with Crippen LogP contribution >= 0.6 is 0 Å². The molecule has 0 saturated heterocycles. The fourth-order valence-electron chi connectivity index (χ4n) is 0.997. The molecular formula is C9H17NO4. The second kappa shape index (κ2) is 6.37. The van der Waals surface area contributed by atoms with Crippen molar-refractivity contribution in [1.29, 1.82) is 0 Å². The Balaban J connectivity index is 3.89. The Morgan fingerprint density at radius 2 is 1.86 bits per heavy atom. The number of nitrogens with two attached hydrogens (primary N) is 1. The van der Waals surface area contributed by atoms with E-state index in [1.165, 1.54) is 14.2 Å².